The number of aliphatic hydroxyl groups is 1. The molecule has 0 bridgehead atoms. The molecule has 0 aromatic heterocycles. The molecule has 1 heterocycles. The lowest BCUT2D eigenvalue weighted by atomic mass is 9.87. The van der Waals surface area contributed by atoms with Crippen LogP contribution in [-0.2, 0) is 14.3 Å². The fourth-order valence-corrected chi connectivity index (χ4v) is 2.03. The Bertz CT molecular complexity index is 287. The second-order valence-corrected chi connectivity index (χ2v) is 4.17. The van der Waals surface area contributed by atoms with Crippen LogP contribution in [0.2, 0.25) is 0 Å². The van der Waals surface area contributed by atoms with E-state index < -0.39 is 12.3 Å². The van der Waals surface area contributed by atoms with Crippen molar-refractivity contribution in [3.63, 3.8) is 0 Å². The molecule has 0 amide bonds. The Labute approximate surface area is 101 Å². The van der Waals surface area contributed by atoms with Gasteiger partial charge in [0.1, 0.15) is 0 Å². The summed E-state index contributed by atoms with van der Waals surface area (Å²) in [7, 11) is 0. The van der Waals surface area contributed by atoms with Gasteiger partial charge in [-0.3, -0.25) is 0 Å². The van der Waals surface area contributed by atoms with Crippen molar-refractivity contribution in [2.24, 2.45) is 11.8 Å². The van der Waals surface area contributed by atoms with E-state index in [0.29, 0.717) is 13.0 Å². The number of ether oxygens (including phenoxy) is 2. The molecule has 5 heteroatoms. The topological polar surface area (TPSA) is 76.0 Å². The number of aliphatic carboxylic acids is 1. The molecule has 17 heavy (non-hydrogen) atoms. The minimum Gasteiger partial charge on any atom is -0.475 e. The summed E-state index contributed by atoms with van der Waals surface area (Å²) >= 11 is 0. The normalized spacial score (nSPS) is 28.4. The second-order valence-electron chi connectivity index (χ2n) is 4.17. The van der Waals surface area contributed by atoms with Gasteiger partial charge in [-0.25, -0.2) is 4.79 Å². The maximum Gasteiger partial charge on any atom is 0.370 e. The lowest BCUT2D eigenvalue weighted by Crippen LogP contribution is -2.36. The predicted molar refractivity (Wildman–Crippen MR) is 61.2 cm³/mol. The van der Waals surface area contributed by atoms with Crippen LogP contribution < -0.4 is 0 Å². The number of hydrogen-bond donors (Lipinski definition) is 2. The first-order valence-corrected chi connectivity index (χ1v) is 5.94. The molecule has 1 aliphatic heterocycles. The predicted octanol–water partition coefficient (Wildman–Crippen LogP) is 1.37. The van der Waals surface area contributed by atoms with Crippen LogP contribution in [0, 0.1) is 11.8 Å². The summed E-state index contributed by atoms with van der Waals surface area (Å²) in [5.41, 5.74) is 0. The first-order chi connectivity index (χ1) is 8.10. The molecule has 0 saturated carbocycles. The SMILES string of the molecule is CCO[C@@H]1OC(C(=O)O)=C[C@H](C)[C@H]1CCCO. The first-order valence-electron chi connectivity index (χ1n) is 5.94. The fraction of sp³-hybridized carbons (Fsp3) is 0.750. The number of rotatable bonds is 6. The third-order valence-electron chi connectivity index (χ3n) is 2.92. The van der Waals surface area contributed by atoms with Crippen LogP contribution in [0.3, 0.4) is 0 Å². The Hall–Kier alpha value is -1.07. The van der Waals surface area contributed by atoms with Crippen molar-refractivity contribution < 1.29 is 24.5 Å². The summed E-state index contributed by atoms with van der Waals surface area (Å²) in [6.07, 6.45) is 2.50. The van der Waals surface area contributed by atoms with E-state index in [9.17, 15) is 4.79 Å². The highest BCUT2D eigenvalue weighted by Gasteiger charge is 2.34. The largest absolute Gasteiger partial charge is 0.475 e. The van der Waals surface area contributed by atoms with Crippen LogP contribution >= 0.6 is 0 Å². The van der Waals surface area contributed by atoms with Crippen molar-refractivity contribution in [1.29, 1.82) is 0 Å². The molecule has 0 aromatic rings. The molecule has 0 saturated heterocycles. The average Bonchev–Trinajstić information content (AvgIpc) is 2.28. The Morgan fingerprint density at radius 1 is 1.59 bits per heavy atom. The molecule has 0 fully saturated rings. The van der Waals surface area contributed by atoms with E-state index in [2.05, 4.69) is 0 Å². The zero-order valence-electron chi connectivity index (χ0n) is 10.3. The summed E-state index contributed by atoms with van der Waals surface area (Å²) in [6, 6.07) is 0. The third kappa shape index (κ3) is 3.71. The minimum absolute atomic E-state index is 0.0452. The number of carbonyl (C=O) groups is 1. The smallest absolute Gasteiger partial charge is 0.370 e. The van der Waals surface area contributed by atoms with Gasteiger partial charge < -0.3 is 19.7 Å². The van der Waals surface area contributed by atoms with Crippen molar-refractivity contribution >= 4 is 5.97 Å². The van der Waals surface area contributed by atoms with Gasteiger partial charge in [-0.1, -0.05) is 6.92 Å². The molecule has 2 N–H and O–H groups in total. The molecule has 0 radical (unpaired) electrons. The zero-order chi connectivity index (χ0) is 12.8. The summed E-state index contributed by atoms with van der Waals surface area (Å²) in [6.45, 7) is 4.38. The highest BCUT2D eigenvalue weighted by Crippen LogP contribution is 2.32. The van der Waals surface area contributed by atoms with Gasteiger partial charge in [-0.2, -0.15) is 0 Å². The maximum atomic E-state index is 10.9. The molecule has 5 nitrogen and oxygen atoms in total. The molecule has 1 rings (SSSR count). The number of aliphatic hydroxyl groups excluding tert-OH is 1. The Balaban J connectivity index is 2.76. The van der Waals surface area contributed by atoms with Crippen LogP contribution in [0.4, 0.5) is 0 Å². The van der Waals surface area contributed by atoms with Gasteiger partial charge in [0.05, 0.1) is 0 Å². The van der Waals surface area contributed by atoms with Crippen LogP contribution in [-0.4, -0.2) is 35.7 Å². The van der Waals surface area contributed by atoms with Crippen LogP contribution in [0.1, 0.15) is 26.7 Å². The first kappa shape index (κ1) is 14.0. The van der Waals surface area contributed by atoms with E-state index in [-0.39, 0.29) is 24.2 Å². The standard InChI is InChI=1S/C12H20O5/c1-3-16-12-9(5-4-6-13)8(2)7-10(17-12)11(14)15/h7-9,12-13H,3-6H2,1-2H3,(H,14,15)/t8-,9+,12+/m0/s1. The molecule has 0 aromatic carbocycles. The summed E-state index contributed by atoms with van der Waals surface area (Å²) in [5, 5.41) is 17.8. The second kappa shape index (κ2) is 6.61. The van der Waals surface area contributed by atoms with Crippen molar-refractivity contribution in [1.82, 2.24) is 0 Å². The van der Waals surface area contributed by atoms with Gasteiger partial charge in [0.15, 0.2) is 0 Å². The summed E-state index contributed by atoms with van der Waals surface area (Å²) in [4.78, 5) is 10.9. The quantitative estimate of drug-likeness (QED) is 0.738. The average molecular weight is 244 g/mol. The van der Waals surface area contributed by atoms with Crippen molar-refractivity contribution in [3.05, 3.63) is 11.8 Å². The summed E-state index contributed by atoms with van der Waals surface area (Å²) < 4.78 is 10.8. The molecule has 0 aliphatic carbocycles. The van der Waals surface area contributed by atoms with Gasteiger partial charge >= 0.3 is 5.97 Å². The monoisotopic (exact) mass is 244 g/mol. The Morgan fingerprint density at radius 3 is 2.82 bits per heavy atom. The van der Waals surface area contributed by atoms with E-state index in [1.807, 2.05) is 13.8 Å². The molecular formula is C12H20O5. The van der Waals surface area contributed by atoms with Gasteiger partial charge in [-0.05, 0) is 31.8 Å². The van der Waals surface area contributed by atoms with Gasteiger partial charge in [0.25, 0.3) is 0 Å². The highest BCUT2D eigenvalue weighted by atomic mass is 16.7. The van der Waals surface area contributed by atoms with E-state index in [1.165, 1.54) is 0 Å². The molecular weight excluding hydrogens is 224 g/mol. The Kier molecular flexibility index (Phi) is 5.44. The summed E-state index contributed by atoms with van der Waals surface area (Å²) in [5.74, 6) is -0.957. The highest BCUT2D eigenvalue weighted by molar-refractivity contribution is 5.84. The molecule has 3 atom stereocenters. The number of allylic oxidation sites excluding steroid dienone is 1. The maximum absolute atomic E-state index is 10.9. The molecule has 1 aliphatic rings. The van der Waals surface area contributed by atoms with E-state index in [0.717, 1.165) is 6.42 Å². The van der Waals surface area contributed by atoms with Crippen LogP contribution in [0.15, 0.2) is 11.8 Å². The molecule has 0 spiro atoms. The Morgan fingerprint density at radius 2 is 2.29 bits per heavy atom. The zero-order valence-corrected chi connectivity index (χ0v) is 10.3. The lowest BCUT2D eigenvalue weighted by molar-refractivity contribution is -0.176. The van der Waals surface area contributed by atoms with E-state index in [4.69, 9.17) is 19.7 Å². The molecule has 98 valence electrons. The number of hydrogen-bond acceptors (Lipinski definition) is 4. The minimum atomic E-state index is -1.07. The van der Waals surface area contributed by atoms with Crippen molar-refractivity contribution in [2.75, 3.05) is 13.2 Å². The van der Waals surface area contributed by atoms with E-state index in [1.54, 1.807) is 6.08 Å². The third-order valence-corrected chi connectivity index (χ3v) is 2.92. The van der Waals surface area contributed by atoms with Crippen molar-refractivity contribution in [3.8, 4) is 0 Å². The molecule has 0 unspecified atom stereocenters. The van der Waals surface area contributed by atoms with Crippen LogP contribution in [0.25, 0.3) is 0 Å². The number of carboxylic acid groups (broad SMARTS) is 1. The van der Waals surface area contributed by atoms with Gasteiger partial charge in [0.2, 0.25) is 12.0 Å². The number of carboxylic acids is 1. The van der Waals surface area contributed by atoms with E-state index >= 15 is 0 Å². The lowest BCUT2D eigenvalue weighted by Gasteiger charge is -2.34. The fourth-order valence-electron chi connectivity index (χ4n) is 2.03. The van der Waals surface area contributed by atoms with Gasteiger partial charge in [-0.15, -0.1) is 0 Å². The van der Waals surface area contributed by atoms with Gasteiger partial charge in [0, 0.05) is 19.1 Å². The van der Waals surface area contributed by atoms with Crippen LogP contribution in [0.5, 0.6) is 0 Å². The van der Waals surface area contributed by atoms with Crippen molar-refractivity contribution in [2.45, 2.75) is 33.0 Å².